The first-order chi connectivity index (χ1) is 13.6. The van der Waals surface area contributed by atoms with E-state index in [2.05, 4.69) is 15.3 Å². The first-order valence-electron chi connectivity index (χ1n) is 8.73. The molecule has 3 heterocycles. The number of nitrogens with zero attached hydrogens (tertiary/aromatic N) is 2. The molecule has 4 aromatic rings. The number of H-pyrrole nitrogens is 1. The molecule has 0 amide bonds. The third kappa shape index (κ3) is 2.94. The number of fused-ring (bicyclic) bond motifs is 2. The van der Waals surface area contributed by atoms with E-state index in [1.807, 2.05) is 30.5 Å². The number of carbonyl (C=O) groups is 1. The Morgan fingerprint density at radius 2 is 2.14 bits per heavy atom. The number of hydrogen-bond donors (Lipinski definition) is 2. The number of carbonyl (C=O) groups excluding carboxylic acids is 1. The minimum absolute atomic E-state index is 0.114. The topological polar surface area (TPSA) is 97.7 Å². The lowest BCUT2D eigenvalue weighted by molar-refractivity contribution is 0.0525. The van der Waals surface area contributed by atoms with Crippen LogP contribution < -0.4 is 15.6 Å². The predicted molar refractivity (Wildman–Crippen MR) is 106 cm³/mol. The summed E-state index contributed by atoms with van der Waals surface area (Å²) in [6.45, 7) is 1.83. The number of nitrogens with one attached hydrogen (secondary N) is 2. The lowest BCUT2D eigenvalue weighted by Crippen LogP contribution is -2.26. The van der Waals surface area contributed by atoms with Gasteiger partial charge in [-0.2, -0.15) is 0 Å². The van der Waals surface area contributed by atoms with Crippen molar-refractivity contribution in [3.05, 3.63) is 64.7 Å². The molecule has 1 aromatic carbocycles. The van der Waals surface area contributed by atoms with Gasteiger partial charge < -0.3 is 19.8 Å². The maximum Gasteiger partial charge on any atom is 0.347 e. The Morgan fingerprint density at radius 1 is 1.29 bits per heavy atom. The Labute approximate surface area is 159 Å². The number of methoxy groups -OCH3 is 1. The van der Waals surface area contributed by atoms with Crippen LogP contribution in [-0.2, 0) is 4.74 Å². The SMILES string of the molecule is CCOC(=O)c1c(Nc2ccc3[nH]ccc3c2)nc2c(OC)cccn2c1=O. The third-order valence-corrected chi connectivity index (χ3v) is 4.33. The van der Waals surface area contributed by atoms with Crippen LogP contribution in [-0.4, -0.2) is 34.1 Å². The maximum absolute atomic E-state index is 13.0. The summed E-state index contributed by atoms with van der Waals surface area (Å²) in [7, 11) is 1.49. The smallest absolute Gasteiger partial charge is 0.347 e. The highest BCUT2D eigenvalue weighted by molar-refractivity contribution is 5.96. The van der Waals surface area contributed by atoms with Gasteiger partial charge in [0, 0.05) is 29.0 Å². The van der Waals surface area contributed by atoms with E-state index in [-0.39, 0.29) is 18.0 Å². The van der Waals surface area contributed by atoms with E-state index in [1.54, 1.807) is 19.1 Å². The van der Waals surface area contributed by atoms with Crippen molar-refractivity contribution < 1.29 is 14.3 Å². The van der Waals surface area contributed by atoms with Gasteiger partial charge in [-0.25, -0.2) is 9.78 Å². The number of pyridine rings is 1. The summed E-state index contributed by atoms with van der Waals surface area (Å²) >= 11 is 0. The van der Waals surface area contributed by atoms with E-state index in [1.165, 1.54) is 17.7 Å². The summed E-state index contributed by atoms with van der Waals surface area (Å²) in [5.41, 5.74) is 1.26. The van der Waals surface area contributed by atoms with Crippen LogP contribution in [0.2, 0.25) is 0 Å². The van der Waals surface area contributed by atoms with Crippen molar-refractivity contribution in [3.8, 4) is 5.75 Å². The maximum atomic E-state index is 13.0. The van der Waals surface area contributed by atoms with Gasteiger partial charge in [0.15, 0.2) is 22.8 Å². The van der Waals surface area contributed by atoms with Crippen molar-refractivity contribution >= 4 is 34.0 Å². The first-order valence-corrected chi connectivity index (χ1v) is 8.73. The number of anilines is 2. The molecule has 0 aliphatic rings. The fourth-order valence-corrected chi connectivity index (χ4v) is 3.04. The minimum atomic E-state index is -0.734. The second-order valence-electron chi connectivity index (χ2n) is 6.04. The zero-order valence-corrected chi connectivity index (χ0v) is 15.4. The van der Waals surface area contributed by atoms with Crippen LogP contribution in [0, 0.1) is 0 Å². The van der Waals surface area contributed by atoms with E-state index in [0.717, 1.165) is 10.9 Å². The quantitative estimate of drug-likeness (QED) is 0.518. The molecule has 0 fully saturated rings. The Kier molecular flexibility index (Phi) is 4.44. The Morgan fingerprint density at radius 3 is 2.93 bits per heavy atom. The molecule has 0 bridgehead atoms. The first kappa shape index (κ1) is 17.6. The predicted octanol–water partition coefficient (Wildman–Crippen LogP) is 3.10. The van der Waals surface area contributed by atoms with Crippen LogP contribution in [0.25, 0.3) is 16.6 Å². The van der Waals surface area contributed by atoms with Gasteiger partial charge in [-0.3, -0.25) is 9.20 Å². The van der Waals surface area contributed by atoms with Gasteiger partial charge in [0.05, 0.1) is 13.7 Å². The van der Waals surface area contributed by atoms with E-state index in [4.69, 9.17) is 9.47 Å². The van der Waals surface area contributed by atoms with Crippen LogP contribution in [0.5, 0.6) is 5.75 Å². The van der Waals surface area contributed by atoms with Crippen molar-refractivity contribution in [2.45, 2.75) is 6.92 Å². The summed E-state index contributed by atoms with van der Waals surface area (Å²) in [5, 5.41) is 4.07. The number of benzene rings is 1. The Bertz CT molecular complexity index is 1240. The summed E-state index contributed by atoms with van der Waals surface area (Å²) in [6.07, 6.45) is 3.37. The fourth-order valence-electron chi connectivity index (χ4n) is 3.04. The fraction of sp³-hybridized carbons (Fsp3) is 0.150. The molecule has 8 heteroatoms. The van der Waals surface area contributed by atoms with Crippen molar-refractivity contribution in [1.29, 1.82) is 0 Å². The summed E-state index contributed by atoms with van der Waals surface area (Å²) < 4.78 is 11.7. The number of esters is 1. The summed E-state index contributed by atoms with van der Waals surface area (Å²) in [6, 6.07) is 10.9. The molecule has 0 saturated carbocycles. The number of ether oxygens (including phenoxy) is 2. The molecule has 0 saturated heterocycles. The largest absolute Gasteiger partial charge is 0.493 e. The zero-order valence-electron chi connectivity index (χ0n) is 15.4. The van der Waals surface area contributed by atoms with Crippen molar-refractivity contribution in [1.82, 2.24) is 14.4 Å². The summed E-state index contributed by atoms with van der Waals surface area (Å²) in [5.74, 6) is -0.204. The average Bonchev–Trinajstić information content (AvgIpc) is 3.16. The standard InChI is InChI=1S/C20H18N4O4/c1-3-28-20(26)16-17(22-13-6-7-14-12(11-13)8-9-21-14)23-18-15(27-2)5-4-10-24(18)19(16)25/h4-11,21-22H,3H2,1-2H3. The van der Waals surface area contributed by atoms with Crippen LogP contribution in [0.4, 0.5) is 11.5 Å². The highest BCUT2D eigenvalue weighted by Gasteiger charge is 2.22. The number of aromatic nitrogens is 3. The molecule has 142 valence electrons. The minimum Gasteiger partial charge on any atom is -0.493 e. The molecular weight excluding hydrogens is 360 g/mol. The molecule has 0 aliphatic carbocycles. The molecule has 8 nitrogen and oxygen atoms in total. The molecule has 0 radical (unpaired) electrons. The van der Waals surface area contributed by atoms with Crippen molar-refractivity contribution in [3.63, 3.8) is 0 Å². The average molecular weight is 378 g/mol. The number of hydrogen-bond acceptors (Lipinski definition) is 6. The number of rotatable bonds is 5. The van der Waals surface area contributed by atoms with Crippen LogP contribution >= 0.6 is 0 Å². The van der Waals surface area contributed by atoms with Gasteiger partial charge in [-0.05, 0) is 43.3 Å². The van der Waals surface area contributed by atoms with Gasteiger partial charge in [0.1, 0.15) is 0 Å². The number of aromatic amines is 1. The molecule has 3 aromatic heterocycles. The molecule has 0 atom stereocenters. The second kappa shape index (κ2) is 7.07. The molecule has 2 N–H and O–H groups in total. The molecule has 28 heavy (non-hydrogen) atoms. The van der Waals surface area contributed by atoms with Gasteiger partial charge in [0.25, 0.3) is 5.56 Å². The van der Waals surface area contributed by atoms with Gasteiger partial charge in [-0.15, -0.1) is 0 Å². The lowest BCUT2D eigenvalue weighted by Gasteiger charge is -2.13. The molecule has 0 spiro atoms. The molecule has 4 rings (SSSR count). The van der Waals surface area contributed by atoms with E-state index < -0.39 is 11.5 Å². The lowest BCUT2D eigenvalue weighted by atomic mass is 10.2. The van der Waals surface area contributed by atoms with E-state index >= 15 is 0 Å². The Balaban J connectivity index is 1.91. The third-order valence-electron chi connectivity index (χ3n) is 4.33. The van der Waals surface area contributed by atoms with Crippen LogP contribution in [0.1, 0.15) is 17.3 Å². The van der Waals surface area contributed by atoms with Gasteiger partial charge in [-0.1, -0.05) is 0 Å². The normalized spacial score (nSPS) is 10.9. The zero-order chi connectivity index (χ0) is 19.7. The van der Waals surface area contributed by atoms with Crippen molar-refractivity contribution in [2.24, 2.45) is 0 Å². The van der Waals surface area contributed by atoms with Gasteiger partial charge >= 0.3 is 5.97 Å². The summed E-state index contributed by atoms with van der Waals surface area (Å²) in [4.78, 5) is 33.1. The van der Waals surface area contributed by atoms with E-state index in [0.29, 0.717) is 17.1 Å². The van der Waals surface area contributed by atoms with E-state index in [9.17, 15) is 9.59 Å². The highest BCUT2D eigenvalue weighted by Crippen LogP contribution is 2.24. The molecule has 0 unspecified atom stereocenters. The van der Waals surface area contributed by atoms with Crippen LogP contribution in [0.15, 0.2) is 53.6 Å². The highest BCUT2D eigenvalue weighted by atomic mass is 16.5. The van der Waals surface area contributed by atoms with Crippen molar-refractivity contribution in [2.75, 3.05) is 19.0 Å². The second-order valence-corrected chi connectivity index (χ2v) is 6.04. The Hall–Kier alpha value is -3.81. The molecule has 0 aliphatic heterocycles. The van der Waals surface area contributed by atoms with Crippen LogP contribution in [0.3, 0.4) is 0 Å². The monoisotopic (exact) mass is 378 g/mol. The van der Waals surface area contributed by atoms with Gasteiger partial charge in [0.2, 0.25) is 0 Å². The molecular formula is C20H18N4O4.